The van der Waals surface area contributed by atoms with Gasteiger partial charge in [0.05, 0.1) is 5.69 Å². The monoisotopic (exact) mass is 218 g/mol. The number of halogens is 1. The third-order valence-electron chi connectivity index (χ3n) is 2.33. The van der Waals surface area contributed by atoms with E-state index in [4.69, 9.17) is 5.73 Å². The number of rotatable bonds is 1. The Morgan fingerprint density at radius 3 is 2.56 bits per heavy atom. The zero-order valence-electron chi connectivity index (χ0n) is 8.77. The van der Waals surface area contributed by atoms with Gasteiger partial charge in [-0.3, -0.25) is 9.36 Å². The van der Waals surface area contributed by atoms with Crippen LogP contribution >= 0.6 is 0 Å². The second-order valence-electron chi connectivity index (χ2n) is 3.56. The summed E-state index contributed by atoms with van der Waals surface area (Å²) in [5.41, 5.74) is 6.44. The van der Waals surface area contributed by atoms with Gasteiger partial charge in [0.15, 0.2) is 0 Å². The summed E-state index contributed by atoms with van der Waals surface area (Å²) in [4.78, 5) is 11.7. The molecule has 0 aliphatic rings. The van der Waals surface area contributed by atoms with Gasteiger partial charge < -0.3 is 5.73 Å². The van der Waals surface area contributed by atoms with Crippen LogP contribution in [0.25, 0.3) is 5.69 Å². The molecule has 3 nitrogen and oxygen atoms in total. The van der Waals surface area contributed by atoms with Gasteiger partial charge >= 0.3 is 0 Å². The molecule has 16 heavy (non-hydrogen) atoms. The number of nitrogens with two attached hydrogens (primary N) is 1. The minimum Gasteiger partial charge on any atom is -0.399 e. The van der Waals surface area contributed by atoms with Gasteiger partial charge in [0, 0.05) is 17.4 Å². The van der Waals surface area contributed by atoms with E-state index in [0.717, 1.165) is 0 Å². The molecule has 0 spiro atoms. The van der Waals surface area contributed by atoms with Gasteiger partial charge in [-0.05, 0) is 25.1 Å². The SMILES string of the molecule is Cc1cc(N)cc(=O)n1-c1ccccc1F. The molecule has 1 aromatic carbocycles. The molecule has 0 bridgehead atoms. The quantitative estimate of drug-likeness (QED) is 0.794. The number of hydrogen-bond acceptors (Lipinski definition) is 2. The Kier molecular flexibility index (Phi) is 2.48. The molecule has 0 unspecified atom stereocenters. The highest BCUT2D eigenvalue weighted by Gasteiger charge is 2.08. The number of anilines is 1. The second-order valence-corrected chi connectivity index (χ2v) is 3.56. The van der Waals surface area contributed by atoms with E-state index >= 15 is 0 Å². The fourth-order valence-electron chi connectivity index (χ4n) is 1.67. The standard InChI is InChI=1S/C12H11FN2O/c1-8-6-9(14)7-12(16)15(8)11-5-3-2-4-10(11)13/h2-7H,14H2,1H3. The second kappa shape index (κ2) is 3.81. The van der Waals surface area contributed by atoms with E-state index in [1.54, 1.807) is 31.2 Å². The van der Waals surface area contributed by atoms with Crippen LogP contribution in [0.3, 0.4) is 0 Å². The Balaban J connectivity index is 2.75. The molecule has 0 amide bonds. The Bertz CT molecular complexity index is 590. The van der Waals surface area contributed by atoms with Crippen molar-refractivity contribution < 1.29 is 4.39 Å². The van der Waals surface area contributed by atoms with Crippen LogP contribution in [0.4, 0.5) is 10.1 Å². The van der Waals surface area contributed by atoms with E-state index in [1.807, 2.05) is 0 Å². The molecule has 82 valence electrons. The molecule has 0 aliphatic heterocycles. The third kappa shape index (κ3) is 1.69. The van der Waals surface area contributed by atoms with Gasteiger partial charge in [-0.15, -0.1) is 0 Å². The average Bonchev–Trinajstić information content (AvgIpc) is 2.19. The number of nitrogen functional groups attached to an aromatic ring is 1. The topological polar surface area (TPSA) is 48.0 Å². The first-order valence-corrected chi connectivity index (χ1v) is 4.83. The molecule has 1 heterocycles. The van der Waals surface area contributed by atoms with E-state index in [-0.39, 0.29) is 11.2 Å². The van der Waals surface area contributed by atoms with Gasteiger partial charge in [-0.25, -0.2) is 4.39 Å². The molecule has 0 aliphatic carbocycles. The summed E-state index contributed by atoms with van der Waals surface area (Å²) in [7, 11) is 0. The van der Waals surface area contributed by atoms with Gasteiger partial charge in [-0.1, -0.05) is 12.1 Å². The van der Waals surface area contributed by atoms with Crippen LogP contribution in [0, 0.1) is 12.7 Å². The first kappa shape index (κ1) is 10.4. The Morgan fingerprint density at radius 2 is 1.94 bits per heavy atom. The number of nitrogens with zero attached hydrogens (tertiary/aromatic N) is 1. The molecule has 0 radical (unpaired) electrons. The van der Waals surface area contributed by atoms with Crippen molar-refractivity contribution >= 4 is 5.69 Å². The van der Waals surface area contributed by atoms with E-state index in [0.29, 0.717) is 11.4 Å². The van der Waals surface area contributed by atoms with Crippen LogP contribution in [0.2, 0.25) is 0 Å². The molecule has 0 atom stereocenters. The Labute approximate surface area is 92.0 Å². The highest BCUT2D eigenvalue weighted by molar-refractivity contribution is 5.43. The first-order chi connectivity index (χ1) is 7.59. The minimum absolute atomic E-state index is 0.241. The predicted octanol–water partition coefficient (Wildman–Crippen LogP) is 1.87. The zero-order valence-corrected chi connectivity index (χ0v) is 8.77. The maximum absolute atomic E-state index is 13.5. The van der Waals surface area contributed by atoms with Gasteiger partial charge in [0.1, 0.15) is 5.82 Å². The van der Waals surface area contributed by atoms with E-state index < -0.39 is 5.82 Å². The molecular weight excluding hydrogens is 207 g/mol. The van der Waals surface area contributed by atoms with Crippen LogP contribution in [-0.4, -0.2) is 4.57 Å². The molecule has 0 saturated carbocycles. The number of benzene rings is 1. The predicted molar refractivity (Wildman–Crippen MR) is 61.1 cm³/mol. The van der Waals surface area contributed by atoms with E-state index in [9.17, 15) is 9.18 Å². The highest BCUT2D eigenvalue weighted by atomic mass is 19.1. The average molecular weight is 218 g/mol. The number of aryl methyl sites for hydroxylation is 1. The largest absolute Gasteiger partial charge is 0.399 e. The fraction of sp³-hybridized carbons (Fsp3) is 0.0833. The Morgan fingerprint density at radius 1 is 1.25 bits per heavy atom. The first-order valence-electron chi connectivity index (χ1n) is 4.83. The van der Waals surface area contributed by atoms with Crippen molar-refractivity contribution in [3.8, 4) is 5.69 Å². The fourth-order valence-corrected chi connectivity index (χ4v) is 1.67. The van der Waals surface area contributed by atoms with Gasteiger partial charge in [0.2, 0.25) is 0 Å². The number of hydrogen-bond donors (Lipinski definition) is 1. The van der Waals surface area contributed by atoms with Crippen molar-refractivity contribution in [1.82, 2.24) is 4.57 Å². The number of para-hydroxylation sites is 1. The van der Waals surface area contributed by atoms with Crippen molar-refractivity contribution in [2.24, 2.45) is 0 Å². The summed E-state index contributed by atoms with van der Waals surface area (Å²) in [5, 5.41) is 0. The molecule has 2 aromatic rings. The molecule has 1 aromatic heterocycles. The maximum Gasteiger partial charge on any atom is 0.257 e. The van der Waals surface area contributed by atoms with Crippen LogP contribution < -0.4 is 11.3 Å². The molecule has 4 heteroatoms. The van der Waals surface area contributed by atoms with E-state index in [1.165, 1.54) is 16.7 Å². The molecule has 0 fully saturated rings. The Hall–Kier alpha value is -2.10. The van der Waals surface area contributed by atoms with Gasteiger partial charge in [-0.2, -0.15) is 0 Å². The van der Waals surface area contributed by atoms with Crippen molar-refractivity contribution in [3.63, 3.8) is 0 Å². The van der Waals surface area contributed by atoms with E-state index in [2.05, 4.69) is 0 Å². The van der Waals surface area contributed by atoms with Crippen LogP contribution in [0.1, 0.15) is 5.69 Å². The van der Waals surface area contributed by atoms with Crippen LogP contribution in [-0.2, 0) is 0 Å². The minimum atomic E-state index is -0.433. The zero-order chi connectivity index (χ0) is 11.7. The summed E-state index contributed by atoms with van der Waals surface area (Å²) in [6, 6.07) is 9.04. The molecule has 2 N–H and O–H groups in total. The van der Waals surface area contributed by atoms with Gasteiger partial charge in [0.25, 0.3) is 5.56 Å². The lowest BCUT2D eigenvalue weighted by atomic mass is 10.2. The normalized spacial score (nSPS) is 10.4. The highest BCUT2D eigenvalue weighted by Crippen LogP contribution is 2.13. The van der Waals surface area contributed by atoms with Crippen molar-refractivity contribution in [2.45, 2.75) is 6.92 Å². The van der Waals surface area contributed by atoms with Crippen LogP contribution in [0.15, 0.2) is 41.2 Å². The summed E-state index contributed by atoms with van der Waals surface area (Å²) in [6.07, 6.45) is 0. The molecule has 2 rings (SSSR count). The number of pyridine rings is 1. The summed E-state index contributed by atoms with van der Waals surface area (Å²) in [6.45, 7) is 1.71. The lowest BCUT2D eigenvalue weighted by Gasteiger charge is -2.10. The van der Waals surface area contributed by atoms with Crippen molar-refractivity contribution in [1.29, 1.82) is 0 Å². The third-order valence-corrected chi connectivity index (χ3v) is 2.33. The van der Waals surface area contributed by atoms with Crippen molar-refractivity contribution in [3.05, 3.63) is 58.3 Å². The summed E-state index contributed by atoms with van der Waals surface area (Å²) in [5.74, 6) is -0.433. The summed E-state index contributed by atoms with van der Waals surface area (Å²) >= 11 is 0. The van der Waals surface area contributed by atoms with Crippen LogP contribution in [0.5, 0.6) is 0 Å². The van der Waals surface area contributed by atoms with Crippen molar-refractivity contribution in [2.75, 3.05) is 5.73 Å². The molecular formula is C12H11FN2O. The lowest BCUT2D eigenvalue weighted by molar-refractivity contribution is 0.614. The number of aromatic nitrogens is 1. The maximum atomic E-state index is 13.5. The smallest absolute Gasteiger partial charge is 0.257 e. The molecule has 0 saturated heterocycles. The lowest BCUT2D eigenvalue weighted by Crippen LogP contribution is -2.21. The summed E-state index contributed by atoms with van der Waals surface area (Å²) < 4.78 is 14.8.